The van der Waals surface area contributed by atoms with Crippen LogP contribution in [-0.4, -0.2) is 61.1 Å². The van der Waals surface area contributed by atoms with Gasteiger partial charge in [0.25, 0.3) is 5.91 Å². The molecule has 2 bridgehead atoms. The number of quaternary nitrogens is 1. The first-order valence-corrected chi connectivity index (χ1v) is 8.58. The molecule has 0 radical (unpaired) electrons. The van der Waals surface area contributed by atoms with E-state index in [4.69, 9.17) is 0 Å². The third kappa shape index (κ3) is 3.18. The maximum Gasteiger partial charge on any atom is 0.279 e. The van der Waals surface area contributed by atoms with Crippen molar-refractivity contribution in [3.8, 4) is 0 Å². The molecule has 22 heavy (non-hydrogen) atoms. The summed E-state index contributed by atoms with van der Waals surface area (Å²) in [5.41, 5.74) is 2.25. The minimum absolute atomic E-state index is 0.172. The van der Waals surface area contributed by atoms with Crippen molar-refractivity contribution >= 4 is 11.6 Å². The normalized spacial score (nSPS) is 28.4. The predicted octanol–water partition coefficient (Wildman–Crippen LogP) is 2.28. The number of piperazine rings is 3. The summed E-state index contributed by atoms with van der Waals surface area (Å²) in [7, 11) is 0. The standard InChI is InChI=1S/C18H27N3O/c1-3-15(2)16-6-4-5-7-17(16)19-18(22)14-21-11-8-20(9-12-21)10-13-21/h4-7,15H,3,8-14H2,1-2H3/p+1/t15-/m0/s1. The van der Waals surface area contributed by atoms with Crippen molar-refractivity contribution < 1.29 is 9.28 Å². The van der Waals surface area contributed by atoms with Crippen LogP contribution in [0.4, 0.5) is 5.69 Å². The number of carbonyl (C=O) groups excluding carboxylic acids is 1. The fourth-order valence-electron chi connectivity index (χ4n) is 3.72. The van der Waals surface area contributed by atoms with E-state index in [-0.39, 0.29) is 5.91 Å². The summed E-state index contributed by atoms with van der Waals surface area (Å²) < 4.78 is 0.980. The summed E-state index contributed by atoms with van der Waals surface area (Å²) in [5.74, 6) is 0.646. The fourth-order valence-corrected chi connectivity index (χ4v) is 3.72. The highest BCUT2D eigenvalue weighted by atomic mass is 16.2. The maximum absolute atomic E-state index is 12.6. The van der Waals surface area contributed by atoms with Crippen molar-refractivity contribution in [3.05, 3.63) is 29.8 Å². The molecule has 1 aromatic carbocycles. The van der Waals surface area contributed by atoms with Crippen molar-refractivity contribution in [1.82, 2.24) is 4.90 Å². The van der Waals surface area contributed by atoms with Crippen LogP contribution in [0.5, 0.6) is 0 Å². The molecule has 3 aliphatic heterocycles. The summed E-state index contributed by atoms with van der Waals surface area (Å²) in [6.45, 7) is 11.9. The van der Waals surface area contributed by atoms with E-state index in [0.29, 0.717) is 12.5 Å². The summed E-state index contributed by atoms with van der Waals surface area (Å²) in [6, 6.07) is 8.24. The second-order valence-corrected chi connectivity index (χ2v) is 6.96. The molecule has 3 saturated heterocycles. The molecule has 3 heterocycles. The van der Waals surface area contributed by atoms with Crippen LogP contribution in [0.3, 0.4) is 0 Å². The molecule has 3 fully saturated rings. The molecular formula is C18H28N3O+. The lowest BCUT2D eigenvalue weighted by Gasteiger charge is -2.50. The second kappa shape index (κ2) is 6.39. The molecule has 4 heteroatoms. The number of rotatable bonds is 5. The Bertz CT molecular complexity index is 521. The van der Waals surface area contributed by atoms with Crippen LogP contribution >= 0.6 is 0 Å². The highest BCUT2D eigenvalue weighted by Crippen LogP contribution is 2.27. The van der Waals surface area contributed by atoms with Gasteiger partial charge in [0.2, 0.25) is 0 Å². The van der Waals surface area contributed by atoms with Crippen LogP contribution in [0, 0.1) is 0 Å². The number of fused-ring (bicyclic) bond motifs is 3. The predicted molar refractivity (Wildman–Crippen MR) is 89.9 cm³/mol. The Kier molecular flexibility index (Phi) is 4.50. The van der Waals surface area contributed by atoms with Crippen molar-refractivity contribution in [2.45, 2.75) is 26.2 Å². The molecule has 120 valence electrons. The van der Waals surface area contributed by atoms with E-state index < -0.39 is 0 Å². The summed E-state index contributed by atoms with van der Waals surface area (Å²) in [6.07, 6.45) is 1.09. The van der Waals surface area contributed by atoms with Gasteiger partial charge in [-0.25, -0.2) is 0 Å². The van der Waals surface area contributed by atoms with Gasteiger partial charge in [-0.05, 0) is 24.0 Å². The molecule has 1 N–H and O–H groups in total. The molecule has 0 unspecified atom stereocenters. The lowest BCUT2D eigenvalue weighted by Crippen LogP contribution is -2.68. The zero-order valence-electron chi connectivity index (χ0n) is 13.8. The molecular weight excluding hydrogens is 274 g/mol. The summed E-state index contributed by atoms with van der Waals surface area (Å²) >= 11 is 0. The lowest BCUT2D eigenvalue weighted by atomic mass is 9.97. The van der Waals surface area contributed by atoms with Gasteiger partial charge in [-0.2, -0.15) is 0 Å². The molecule has 0 aliphatic carbocycles. The summed E-state index contributed by atoms with van der Waals surface area (Å²) in [5, 5.41) is 3.18. The minimum Gasteiger partial charge on any atom is -0.321 e. The first-order valence-electron chi connectivity index (χ1n) is 8.58. The number of amides is 1. The number of benzene rings is 1. The zero-order chi connectivity index (χ0) is 15.6. The molecule has 3 aliphatic rings. The van der Waals surface area contributed by atoms with Crippen molar-refractivity contribution in [1.29, 1.82) is 0 Å². The largest absolute Gasteiger partial charge is 0.321 e. The Labute approximate surface area is 133 Å². The summed E-state index contributed by atoms with van der Waals surface area (Å²) in [4.78, 5) is 15.1. The Hall–Kier alpha value is -1.39. The van der Waals surface area contributed by atoms with Gasteiger partial charge >= 0.3 is 0 Å². The molecule has 4 rings (SSSR count). The van der Waals surface area contributed by atoms with Crippen LogP contribution in [-0.2, 0) is 4.79 Å². The highest BCUT2D eigenvalue weighted by Gasteiger charge is 2.39. The van der Waals surface area contributed by atoms with Crippen LogP contribution in [0.25, 0.3) is 0 Å². The number of hydrogen-bond acceptors (Lipinski definition) is 2. The monoisotopic (exact) mass is 302 g/mol. The van der Waals surface area contributed by atoms with E-state index in [1.807, 2.05) is 12.1 Å². The van der Waals surface area contributed by atoms with E-state index >= 15 is 0 Å². The number of para-hydroxylation sites is 1. The maximum atomic E-state index is 12.6. The van der Waals surface area contributed by atoms with Crippen molar-refractivity contribution in [2.24, 2.45) is 0 Å². The van der Waals surface area contributed by atoms with Gasteiger partial charge in [-0.1, -0.05) is 32.0 Å². The SMILES string of the molecule is CC[C@H](C)c1ccccc1NC(=O)C[N+]12CCN(CC1)CC2. The van der Waals surface area contributed by atoms with Crippen molar-refractivity contribution in [2.75, 3.05) is 51.1 Å². The molecule has 0 aromatic heterocycles. The number of carbonyl (C=O) groups is 1. The Balaban J connectivity index is 1.67. The molecule has 0 spiro atoms. The lowest BCUT2D eigenvalue weighted by molar-refractivity contribution is -0.933. The van der Waals surface area contributed by atoms with Gasteiger partial charge in [-0.3, -0.25) is 9.69 Å². The van der Waals surface area contributed by atoms with Gasteiger partial charge in [0, 0.05) is 25.3 Å². The van der Waals surface area contributed by atoms with E-state index in [2.05, 4.69) is 36.2 Å². The van der Waals surface area contributed by atoms with E-state index in [9.17, 15) is 4.79 Å². The van der Waals surface area contributed by atoms with E-state index in [0.717, 1.165) is 55.9 Å². The third-order valence-electron chi connectivity index (χ3n) is 5.53. The topological polar surface area (TPSA) is 32.3 Å². The molecule has 1 aromatic rings. The average Bonchev–Trinajstić information content (AvgIpc) is 2.55. The van der Waals surface area contributed by atoms with Gasteiger partial charge < -0.3 is 9.80 Å². The van der Waals surface area contributed by atoms with E-state index in [1.165, 1.54) is 5.56 Å². The number of nitrogens with zero attached hydrogens (tertiary/aromatic N) is 2. The molecule has 4 nitrogen and oxygen atoms in total. The zero-order valence-corrected chi connectivity index (χ0v) is 13.8. The number of hydrogen-bond donors (Lipinski definition) is 1. The number of anilines is 1. The Morgan fingerprint density at radius 3 is 2.50 bits per heavy atom. The highest BCUT2D eigenvalue weighted by molar-refractivity contribution is 5.92. The van der Waals surface area contributed by atoms with Crippen molar-refractivity contribution in [3.63, 3.8) is 0 Å². The molecule has 1 amide bonds. The Morgan fingerprint density at radius 1 is 1.23 bits per heavy atom. The fraction of sp³-hybridized carbons (Fsp3) is 0.611. The van der Waals surface area contributed by atoms with Gasteiger partial charge in [0.1, 0.15) is 0 Å². The van der Waals surface area contributed by atoms with Crippen LogP contribution < -0.4 is 5.32 Å². The quantitative estimate of drug-likeness (QED) is 0.846. The van der Waals surface area contributed by atoms with Crippen LogP contribution in [0.1, 0.15) is 31.7 Å². The second-order valence-electron chi connectivity index (χ2n) is 6.96. The average molecular weight is 302 g/mol. The smallest absolute Gasteiger partial charge is 0.279 e. The van der Waals surface area contributed by atoms with Gasteiger partial charge in [0.15, 0.2) is 6.54 Å². The molecule has 0 saturated carbocycles. The Morgan fingerprint density at radius 2 is 1.86 bits per heavy atom. The first-order chi connectivity index (χ1) is 10.6. The van der Waals surface area contributed by atoms with Gasteiger partial charge in [0.05, 0.1) is 19.6 Å². The van der Waals surface area contributed by atoms with E-state index in [1.54, 1.807) is 0 Å². The minimum atomic E-state index is 0.172. The first kappa shape index (κ1) is 15.5. The third-order valence-corrected chi connectivity index (χ3v) is 5.53. The van der Waals surface area contributed by atoms with Crippen LogP contribution in [0.15, 0.2) is 24.3 Å². The van der Waals surface area contributed by atoms with Crippen LogP contribution in [0.2, 0.25) is 0 Å². The molecule has 1 atom stereocenters. The van der Waals surface area contributed by atoms with Gasteiger partial charge in [-0.15, -0.1) is 0 Å². The number of nitrogens with one attached hydrogen (secondary N) is 1.